The Bertz CT molecular complexity index is 722. The van der Waals surface area contributed by atoms with Crippen LogP contribution in [0.5, 0.6) is 17.2 Å². The van der Waals surface area contributed by atoms with Crippen LogP contribution in [0.4, 0.5) is 19.0 Å². The Morgan fingerprint density at radius 3 is 2.12 bits per heavy atom. The van der Waals surface area contributed by atoms with E-state index in [-0.39, 0.29) is 5.82 Å². The van der Waals surface area contributed by atoms with Crippen LogP contribution in [0.2, 0.25) is 0 Å². The minimum absolute atomic E-state index is 0.177. The van der Waals surface area contributed by atoms with Crippen molar-refractivity contribution in [3.05, 3.63) is 41.6 Å². The summed E-state index contributed by atoms with van der Waals surface area (Å²) in [7, 11) is 4.47. The number of hydrogen-bond acceptors (Lipinski definition) is 6. The van der Waals surface area contributed by atoms with Crippen molar-refractivity contribution in [2.24, 2.45) is 5.10 Å². The van der Waals surface area contributed by atoms with Crippen molar-refractivity contribution < 1.29 is 27.4 Å². The monoisotopic (exact) mass is 355 g/mol. The second kappa shape index (κ2) is 7.73. The molecule has 0 fully saturated rings. The minimum atomic E-state index is -4.43. The number of hydrazone groups is 1. The number of benzene rings is 1. The number of nitrogens with one attached hydrogen (secondary N) is 1. The minimum Gasteiger partial charge on any atom is -0.493 e. The summed E-state index contributed by atoms with van der Waals surface area (Å²) in [6.07, 6.45) is -2.24. The maximum absolute atomic E-state index is 12.5. The van der Waals surface area contributed by atoms with Crippen molar-refractivity contribution in [3.8, 4) is 17.2 Å². The zero-order valence-electron chi connectivity index (χ0n) is 13.7. The van der Waals surface area contributed by atoms with E-state index in [1.807, 2.05) is 0 Å². The number of hydrogen-bond donors (Lipinski definition) is 1. The van der Waals surface area contributed by atoms with Crippen LogP contribution in [0.1, 0.15) is 11.1 Å². The molecule has 9 heteroatoms. The van der Waals surface area contributed by atoms with Crippen molar-refractivity contribution in [3.63, 3.8) is 0 Å². The molecule has 1 aromatic heterocycles. The standard InChI is InChI=1S/C16H16F3N3O3/c1-23-12-6-10(7-13(24-2)15(12)25-3)8-21-22-14-5-4-11(9-20-14)16(17,18)19/h4-9H,1-3H3,(H,20,22)/b21-8+. The molecule has 0 saturated carbocycles. The lowest BCUT2D eigenvalue weighted by Gasteiger charge is -2.12. The molecule has 2 rings (SSSR count). The van der Waals surface area contributed by atoms with Gasteiger partial charge in [0.1, 0.15) is 5.82 Å². The largest absolute Gasteiger partial charge is 0.493 e. The third-order valence-electron chi connectivity index (χ3n) is 3.17. The molecular weight excluding hydrogens is 339 g/mol. The van der Waals surface area contributed by atoms with Gasteiger partial charge in [-0.25, -0.2) is 4.98 Å². The second-order valence-electron chi connectivity index (χ2n) is 4.76. The number of nitrogens with zero attached hydrogens (tertiary/aromatic N) is 2. The first-order valence-electron chi connectivity index (χ1n) is 7.01. The molecule has 0 bridgehead atoms. The molecule has 0 unspecified atom stereocenters. The molecule has 1 heterocycles. The average Bonchev–Trinajstić information content (AvgIpc) is 2.60. The molecule has 0 aliphatic heterocycles. The molecule has 1 N–H and O–H groups in total. The highest BCUT2D eigenvalue weighted by atomic mass is 19.4. The SMILES string of the molecule is COc1cc(/C=N/Nc2ccc(C(F)(F)F)cn2)cc(OC)c1OC. The predicted octanol–water partition coefficient (Wildman–Crippen LogP) is 3.57. The van der Waals surface area contributed by atoms with Crippen molar-refractivity contribution in [2.75, 3.05) is 26.8 Å². The molecule has 25 heavy (non-hydrogen) atoms. The van der Waals surface area contributed by atoms with Crippen molar-refractivity contribution in [1.82, 2.24) is 4.98 Å². The van der Waals surface area contributed by atoms with Gasteiger partial charge < -0.3 is 14.2 Å². The highest BCUT2D eigenvalue weighted by molar-refractivity contribution is 5.83. The Labute approximate surface area is 142 Å². The van der Waals surface area contributed by atoms with E-state index < -0.39 is 11.7 Å². The van der Waals surface area contributed by atoms with Gasteiger partial charge in [0.2, 0.25) is 5.75 Å². The van der Waals surface area contributed by atoms with Gasteiger partial charge in [0.15, 0.2) is 11.5 Å². The number of ether oxygens (including phenoxy) is 3. The van der Waals surface area contributed by atoms with Gasteiger partial charge in [0.25, 0.3) is 0 Å². The molecule has 0 aliphatic rings. The number of anilines is 1. The Hall–Kier alpha value is -2.97. The summed E-state index contributed by atoms with van der Waals surface area (Å²) in [6.45, 7) is 0. The van der Waals surface area contributed by atoms with Crippen molar-refractivity contribution >= 4 is 12.0 Å². The summed E-state index contributed by atoms with van der Waals surface area (Å²) < 4.78 is 53.1. The molecule has 6 nitrogen and oxygen atoms in total. The second-order valence-corrected chi connectivity index (χ2v) is 4.76. The molecule has 134 valence electrons. The Morgan fingerprint density at radius 2 is 1.68 bits per heavy atom. The van der Waals surface area contributed by atoms with E-state index >= 15 is 0 Å². The van der Waals surface area contributed by atoms with E-state index in [1.54, 1.807) is 12.1 Å². The van der Waals surface area contributed by atoms with Crippen molar-refractivity contribution in [2.45, 2.75) is 6.18 Å². The summed E-state index contributed by atoms with van der Waals surface area (Å²) in [6, 6.07) is 5.46. The van der Waals surface area contributed by atoms with Crippen LogP contribution in [0.15, 0.2) is 35.6 Å². The molecule has 0 amide bonds. The van der Waals surface area contributed by atoms with E-state index in [0.29, 0.717) is 22.8 Å². The fourth-order valence-corrected chi connectivity index (χ4v) is 1.98. The van der Waals surface area contributed by atoms with Gasteiger partial charge in [-0.3, -0.25) is 5.43 Å². The Morgan fingerprint density at radius 1 is 1.04 bits per heavy atom. The Balaban J connectivity index is 2.14. The summed E-state index contributed by atoms with van der Waals surface area (Å²) in [4.78, 5) is 3.66. The van der Waals surface area contributed by atoms with E-state index in [1.165, 1.54) is 33.6 Å². The van der Waals surface area contributed by atoms with E-state index in [0.717, 1.165) is 12.3 Å². The van der Waals surface area contributed by atoms with Crippen molar-refractivity contribution in [1.29, 1.82) is 0 Å². The van der Waals surface area contributed by atoms with Crippen LogP contribution in [0.25, 0.3) is 0 Å². The fraction of sp³-hybridized carbons (Fsp3) is 0.250. The van der Waals surface area contributed by atoms with Crippen LogP contribution >= 0.6 is 0 Å². The summed E-state index contributed by atoms with van der Waals surface area (Å²) in [5.41, 5.74) is 2.36. The zero-order chi connectivity index (χ0) is 18.4. The lowest BCUT2D eigenvalue weighted by molar-refractivity contribution is -0.137. The third kappa shape index (κ3) is 4.52. The van der Waals surface area contributed by atoms with E-state index in [4.69, 9.17) is 14.2 Å². The first-order valence-corrected chi connectivity index (χ1v) is 7.01. The smallest absolute Gasteiger partial charge is 0.417 e. The van der Waals surface area contributed by atoms with Gasteiger partial charge in [-0.15, -0.1) is 0 Å². The van der Waals surface area contributed by atoms with Gasteiger partial charge in [-0.2, -0.15) is 18.3 Å². The number of rotatable bonds is 6. The number of methoxy groups -OCH3 is 3. The summed E-state index contributed by atoms with van der Waals surface area (Å²) in [5.74, 6) is 1.53. The predicted molar refractivity (Wildman–Crippen MR) is 86.6 cm³/mol. The molecule has 0 atom stereocenters. The number of pyridine rings is 1. The molecule has 0 spiro atoms. The molecule has 2 aromatic rings. The van der Waals surface area contributed by atoms with Gasteiger partial charge in [0.05, 0.1) is 33.1 Å². The van der Waals surface area contributed by atoms with E-state index in [9.17, 15) is 13.2 Å². The van der Waals surface area contributed by atoms with Crippen LogP contribution < -0.4 is 19.6 Å². The summed E-state index contributed by atoms with van der Waals surface area (Å²) >= 11 is 0. The van der Waals surface area contributed by atoms with Crippen LogP contribution in [0.3, 0.4) is 0 Å². The van der Waals surface area contributed by atoms with E-state index in [2.05, 4.69) is 15.5 Å². The number of alkyl halides is 3. The zero-order valence-corrected chi connectivity index (χ0v) is 13.7. The molecule has 1 aromatic carbocycles. The lowest BCUT2D eigenvalue weighted by Crippen LogP contribution is -2.05. The van der Waals surface area contributed by atoms with Crippen LogP contribution in [-0.4, -0.2) is 32.5 Å². The number of halogens is 3. The normalized spacial score (nSPS) is 11.4. The van der Waals surface area contributed by atoms with Crippen LogP contribution in [-0.2, 0) is 6.18 Å². The molecule has 0 saturated heterocycles. The van der Waals surface area contributed by atoms with Gasteiger partial charge >= 0.3 is 6.18 Å². The summed E-state index contributed by atoms with van der Waals surface area (Å²) in [5, 5.41) is 3.94. The molecular formula is C16H16F3N3O3. The van der Waals surface area contributed by atoms with Gasteiger partial charge in [0, 0.05) is 11.8 Å². The lowest BCUT2D eigenvalue weighted by atomic mass is 10.2. The van der Waals surface area contributed by atoms with Gasteiger partial charge in [-0.1, -0.05) is 0 Å². The highest BCUT2D eigenvalue weighted by Crippen LogP contribution is 2.37. The maximum Gasteiger partial charge on any atom is 0.417 e. The highest BCUT2D eigenvalue weighted by Gasteiger charge is 2.30. The maximum atomic E-state index is 12.5. The van der Waals surface area contributed by atoms with Gasteiger partial charge in [-0.05, 0) is 24.3 Å². The topological polar surface area (TPSA) is 65.0 Å². The van der Waals surface area contributed by atoms with Crippen LogP contribution in [0, 0.1) is 0 Å². The first kappa shape index (κ1) is 18.4. The molecule has 0 aliphatic carbocycles. The Kier molecular flexibility index (Phi) is 5.68. The average molecular weight is 355 g/mol. The third-order valence-corrected chi connectivity index (χ3v) is 3.17. The first-order chi connectivity index (χ1) is 11.9. The quantitative estimate of drug-likeness (QED) is 0.634. The molecule has 0 radical (unpaired) electrons. The number of aromatic nitrogens is 1. The fourth-order valence-electron chi connectivity index (χ4n) is 1.98.